The molecule has 0 bridgehead atoms. The molecule has 0 spiro atoms. The van der Waals surface area contributed by atoms with Crippen LogP contribution in [-0.2, 0) is 12.0 Å². The molecule has 3 rings (SSSR count). The van der Waals surface area contributed by atoms with Gasteiger partial charge in [0.15, 0.2) is 10.8 Å². The zero-order valence-corrected chi connectivity index (χ0v) is 13.0. The SMILES string of the molecule is CC1(c2cc(N=[N+]=N)ccc2F)Cc2ncncc2C(NC(=O)[O-])=N1. The van der Waals surface area contributed by atoms with E-state index in [2.05, 4.69) is 30.3 Å². The molecule has 2 N–H and O–H groups in total. The molecule has 1 aliphatic rings. The van der Waals surface area contributed by atoms with Gasteiger partial charge >= 0.3 is 0 Å². The van der Waals surface area contributed by atoms with Gasteiger partial charge in [-0.25, -0.2) is 14.4 Å². The second-order valence-corrected chi connectivity index (χ2v) is 5.57. The van der Waals surface area contributed by atoms with Crippen molar-refractivity contribution in [3.8, 4) is 0 Å². The molecule has 1 amide bonds. The minimum absolute atomic E-state index is 0.0173. The number of nitrogens with zero attached hydrogens (tertiary/aromatic N) is 5. The van der Waals surface area contributed by atoms with Crippen molar-refractivity contribution in [3.05, 3.63) is 53.4 Å². The van der Waals surface area contributed by atoms with Gasteiger partial charge in [0.2, 0.25) is 4.91 Å². The molecule has 2 aromatic rings. The van der Waals surface area contributed by atoms with Crippen LogP contribution in [0.3, 0.4) is 0 Å². The first-order valence-electron chi connectivity index (χ1n) is 7.17. The highest BCUT2D eigenvalue weighted by atomic mass is 19.1. The molecule has 1 aromatic carbocycles. The number of nitrogens with one attached hydrogen (secondary N) is 2. The summed E-state index contributed by atoms with van der Waals surface area (Å²) >= 11 is 0. The van der Waals surface area contributed by atoms with E-state index in [1.807, 2.05) is 0 Å². The Balaban J connectivity index is 2.17. The summed E-state index contributed by atoms with van der Waals surface area (Å²) in [4.78, 5) is 26.3. The summed E-state index contributed by atoms with van der Waals surface area (Å²) in [5, 5.41) is 16.6. The topological polar surface area (TPSA) is 141 Å². The summed E-state index contributed by atoms with van der Waals surface area (Å²) in [5.41, 5.74) is 7.05. The van der Waals surface area contributed by atoms with Crippen LogP contribution >= 0.6 is 0 Å². The van der Waals surface area contributed by atoms with Crippen LogP contribution in [0.1, 0.15) is 23.7 Å². The number of benzene rings is 1. The number of carboxylic acid groups (broad SMARTS) is 1. The Morgan fingerprint density at radius 2 is 2.32 bits per heavy atom. The van der Waals surface area contributed by atoms with Gasteiger partial charge in [0.25, 0.3) is 0 Å². The van der Waals surface area contributed by atoms with E-state index in [1.165, 1.54) is 30.7 Å². The van der Waals surface area contributed by atoms with Gasteiger partial charge in [-0.05, 0) is 25.1 Å². The number of halogens is 1. The van der Waals surface area contributed by atoms with E-state index in [0.717, 1.165) is 0 Å². The number of hydrogen-bond donors (Lipinski definition) is 2. The molecule has 1 atom stereocenters. The lowest BCUT2D eigenvalue weighted by Crippen LogP contribution is -2.45. The predicted molar refractivity (Wildman–Crippen MR) is 81.5 cm³/mol. The fourth-order valence-corrected chi connectivity index (χ4v) is 2.76. The van der Waals surface area contributed by atoms with E-state index in [-0.39, 0.29) is 23.5 Å². The molecule has 9 nitrogen and oxygen atoms in total. The number of fused-ring (bicyclic) bond motifs is 1. The van der Waals surface area contributed by atoms with Crippen LogP contribution in [-0.4, -0.2) is 21.9 Å². The molecule has 0 saturated carbocycles. The molecule has 0 aliphatic carbocycles. The number of carbonyl (C=O) groups is 1. The summed E-state index contributed by atoms with van der Waals surface area (Å²) in [5.74, 6) is -0.559. The summed E-state index contributed by atoms with van der Waals surface area (Å²) in [7, 11) is 0. The normalized spacial score (nSPS) is 18.6. The van der Waals surface area contributed by atoms with Gasteiger partial charge in [-0.2, -0.15) is 0 Å². The maximum atomic E-state index is 14.4. The van der Waals surface area contributed by atoms with Gasteiger partial charge in [0.1, 0.15) is 29.6 Å². The van der Waals surface area contributed by atoms with Crippen LogP contribution in [0, 0.1) is 11.3 Å². The van der Waals surface area contributed by atoms with Crippen molar-refractivity contribution >= 4 is 17.6 Å². The number of carbonyl (C=O) groups excluding carboxylic acids is 1. The van der Waals surface area contributed by atoms with Crippen LogP contribution in [0.4, 0.5) is 14.9 Å². The first-order chi connectivity index (χ1) is 11.9. The zero-order valence-electron chi connectivity index (χ0n) is 13.0. The van der Waals surface area contributed by atoms with Crippen molar-refractivity contribution in [1.82, 2.24) is 20.2 Å². The first-order valence-corrected chi connectivity index (χ1v) is 7.17. The van der Waals surface area contributed by atoms with Crippen LogP contribution < -0.4 is 15.3 Å². The summed E-state index contributed by atoms with van der Waals surface area (Å²) in [6.45, 7) is 1.65. The predicted octanol–water partition coefficient (Wildman–Crippen LogP) is 0.949. The van der Waals surface area contributed by atoms with Crippen LogP contribution in [0.15, 0.2) is 40.8 Å². The highest BCUT2D eigenvalue weighted by molar-refractivity contribution is 6.07. The van der Waals surface area contributed by atoms with Crippen LogP contribution in [0.5, 0.6) is 0 Å². The number of amidine groups is 1. The Morgan fingerprint density at radius 3 is 3.04 bits per heavy atom. The zero-order chi connectivity index (χ0) is 18.0. The monoisotopic (exact) mass is 341 g/mol. The van der Waals surface area contributed by atoms with Crippen molar-refractivity contribution in [2.75, 3.05) is 0 Å². The molecule has 126 valence electrons. The first kappa shape index (κ1) is 16.3. The van der Waals surface area contributed by atoms with Crippen molar-refractivity contribution in [2.45, 2.75) is 18.9 Å². The average Bonchev–Trinajstić information content (AvgIpc) is 2.56. The number of amides is 1. The van der Waals surface area contributed by atoms with Gasteiger partial charge in [-0.3, -0.25) is 4.99 Å². The third-order valence-corrected chi connectivity index (χ3v) is 3.84. The maximum Gasteiger partial charge on any atom is 0.220 e. The van der Waals surface area contributed by atoms with E-state index < -0.39 is 17.4 Å². The van der Waals surface area contributed by atoms with Crippen molar-refractivity contribution < 1.29 is 14.3 Å². The standard InChI is InChI=1S/C15H12FN7O2/c1-15(10-4-8(22-23-17)2-3-11(10)16)5-12-9(6-18-7-19-12)13(21-15)20-14(24)25/h2-4,6-7,17H,5H2,1H3,(H-,20,21,24,25). The lowest BCUT2D eigenvalue weighted by molar-refractivity contribution is -0.248. The minimum Gasteiger partial charge on any atom is -0.530 e. The second kappa shape index (κ2) is 6.17. The molecular weight excluding hydrogens is 329 g/mol. The third-order valence-electron chi connectivity index (χ3n) is 3.84. The van der Waals surface area contributed by atoms with Crippen LogP contribution in [0.25, 0.3) is 0 Å². The molecule has 1 aliphatic heterocycles. The quantitative estimate of drug-likeness (QED) is 0.619. The molecule has 1 aromatic heterocycles. The molecule has 25 heavy (non-hydrogen) atoms. The summed E-state index contributed by atoms with van der Waals surface area (Å²) in [6.07, 6.45) is 1.43. The maximum absolute atomic E-state index is 14.4. The fourth-order valence-electron chi connectivity index (χ4n) is 2.76. The van der Waals surface area contributed by atoms with E-state index in [9.17, 15) is 14.3 Å². The van der Waals surface area contributed by atoms with Crippen molar-refractivity contribution in [3.63, 3.8) is 0 Å². The van der Waals surface area contributed by atoms with Gasteiger partial charge in [0, 0.05) is 18.2 Å². The van der Waals surface area contributed by atoms with E-state index in [4.69, 9.17) is 5.53 Å². The van der Waals surface area contributed by atoms with Gasteiger partial charge in [-0.1, -0.05) is 0 Å². The Kier molecular flexibility index (Phi) is 4.04. The van der Waals surface area contributed by atoms with Gasteiger partial charge in [-0.15, -0.1) is 0 Å². The lowest BCUT2D eigenvalue weighted by atomic mass is 9.84. The fraction of sp³-hybridized carbons (Fsp3) is 0.200. The Hall–Kier alpha value is -3.52. The number of aromatic nitrogens is 2. The minimum atomic E-state index is -1.55. The Labute approximate surface area is 140 Å². The average molecular weight is 341 g/mol. The molecule has 0 saturated heterocycles. The Morgan fingerprint density at radius 1 is 1.52 bits per heavy atom. The lowest BCUT2D eigenvalue weighted by Gasteiger charge is -2.32. The number of rotatable bonds is 2. The van der Waals surface area contributed by atoms with Crippen molar-refractivity contribution in [1.29, 1.82) is 5.53 Å². The molecule has 0 fully saturated rings. The third kappa shape index (κ3) is 3.10. The smallest absolute Gasteiger partial charge is 0.220 e. The molecular formula is C15H12FN7O2. The van der Waals surface area contributed by atoms with E-state index >= 15 is 0 Å². The second-order valence-electron chi connectivity index (χ2n) is 5.57. The van der Waals surface area contributed by atoms with E-state index in [0.29, 0.717) is 11.3 Å². The molecule has 1 unspecified atom stereocenters. The highest BCUT2D eigenvalue weighted by Crippen LogP contribution is 2.37. The number of hydrogen-bond acceptors (Lipinski definition) is 7. The highest BCUT2D eigenvalue weighted by Gasteiger charge is 2.36. The van der Waals surface area contributed by atoms with Gasteiger partial charge in [0.05, 0.1) is 16.8 Å². The van der Waals surface area contributed by atoms with Gasteiger partial charge < -0.3 is 15.2 Å². The van der Waals surface area contributed by atoms with Crippen LogP contribution in [0.2, 0.25) is 0 Å². The number of aliphatic imine (C=N–C) groups is 1. The molecule has 0 radical (unpaired) electrons. The summed E-state index contributed by atoms with van der Waals surface area (Å²) < 4.78 is 14.4. The molecule has 2 heterocycles. The molecule has 10 heteroatoms. The largest absolute Gasteiger partial charge is 0.530 e. The Bertz CT molecular complexity index is 939. The van der Waals surface area contributed by atoms with Crippen molar-refractivity contribution in [2.24, 2.45) is 10.1 Å². The van der Waals surface area contributed by atoms with E-state index in [1.54, 1.807) is 6.92 Å². The summed E-state index contributed by atoms with van der Waals surface area (Å²) in [6, 6.07) is 3.99.